The van der Waals surface area contributed by atoms with Crippen LogP contribution in [0.5, 0.6) is 0 Å². The van der Waals surface area contributed by atoms with Crippen LogP contribution in [0.15, 0.2) is 22.7 Å². The lowest BCUT2D eigenvalue weighted by atomic mass is 10.3. The van der Waals surface area contributed by atoms with E-state index in [1.807, 2.05) is 13.8 Å². The first-order valence-electron chi connectivity index (χ1n) is 5.05. The Bertz CT molecular complexity index is 384. The van der Waals surface area contributed by atoms with Gasteiger partial charge in [-0.15, -0.1) is 0 Å². The van der Waals surface area contributed by atoms with Crippen molar-refractivity contribution in [2.75, 3.05) is 5.32 Å². The predicted molar refractivity (Wildman–Crippen MR) is 66.0 cm³/mol. The third-order valence-electron chi connectivity index (χ3n) is 2.17. The Kier molecular flexibility index (Phi) is 4.73. The van der Waals surface area contributed by atoms with Crippen LogP contribution in [0.2, 0.25) is 0 Å². The van der Waals surface area contributed by atoms with Gasteiger partial charge in [0.15, 0.2) is 0 Å². The van der Waals surface area contributed by atoms with Crippen LogP contribution in [0.4, 0.5) is 14.9 Å². The van der Waals surface area contributed by atoms with Crippen LogP contribution in [0.25, 0.3) is 0 Å². The van der Waals surface area contributed by atoms with Crippen LogP contribution in [-0.2, 0) is 0 Å². The van der Waals surface area contributed by atoms with Gasteiger partial charge in [0.2, 0.25) is 0 Å². The summed E-state index contributed by atoms with van der Waals surface area (Å²) in [6.45, 7) is 3.85. The second-order valence-electron chi connectivity index (χ2n) is 3.53. The fourth-order valence-electron chi connectivity index (χ4n) is 1.08. The van der Waals surface area contributed by atoms with E-state index in [9.17, 15) is 9.18 Å². The van der Waals surface area contributed by atoms with Crippen LogP contribution in [0, 0.1) is 5.82 Å². The molecule has 2 N–H and O–H groups in total. The van der Waals surface area contributed by atoms with E-state index in [1.165, 1.54) is 12.1 Å². The van der Waals surface area contributed by atoms with Gasteiger partial charge in [0.1, 0.15) is 5.82 Å². The molecule has 2 amide bonds. The van der Waals surface area contributed by atoms with E-state index < -0.39 is 11.8 Å². The molecule has 88 valence electrons. The summed E-state index contributed by atoms with van der Waals surface area (Å²) < 4.78 is 14.0. The zero-order chi connectivity index (χ0) is 12.1. The summed E-state index contributed by atoms with van der Waals surface area (Å²) in [4.78, 5) is 11.4. The van der Waals surface area contributed by atoms with Gasteiger partial charge in [-0.1, -0.05) is 22.9 Å². The molecule has 1 atom stereocenters. The minimum Gasteiger partial charge on any atom is -0.335 e. The van der Waals surface area contributed by atoms with Gasteiger partial charge >= 0.3 is 6.03 Å². The van der Waals surface area contributed by atoms with Crippen molar-refractivity contribution in [3.05, 3.63) is 28.5 Å². The van der Waals surface area contributed by atoms with Gasteiger partial charge in [0.25, 0.3) is 0 Å². The van der Waals surface area contributed by atoms with Crippen molar-refractivity contribution in [2.24, 2.45) is 0 Å². The van der Waals surface area contributed by atoms with E-state index >= 15 is 0 Å². The van der Waals surface area contributed by atoms with Gasteiger partial charge in [-0.25, -0.2) is 9.18 Å². The summed E-state index contributed by atoms with van der Waals surface area (Å²) in [5.74, 6) is -0.464. The highest BCUT2D eigenvalue weighted by Gasteiger charge is 2.08. The minimum absolute atomic E-state index is 0.0681. The standard InChI is InChI=1S/C11H14BrFN2O/c1-3-7(2)14-11(16)15-10-5-4-8(12)6-9(10)13/h4-7H,3H2,1-2H3,(H2,14,15,16)/t7-/m0/s1. The first-order valence-corrected chi connectivity index (χ1v) is 5.84. The van der Waals surface area contributed by atoms with Crippen molar-refractivity contribution in [1.82, 2.24) is 5.32 Å². The molecule has 0 aromatic heterocycles. The summed E-state index contributed by atoms with van der Waals surface area (Å²) in [5.41, 5.74) is 0.170. The fourth-order valence-corrected chi connectivity index (χ4v) is 1.41. The molecule has 0 bridgehead atoms. The normalized spacial score (nSPS) is 12.0. The van der Waals surface area contributed by atoms with Crippen molar-refractivity contribution in [1.29, 1.82) is 0 Å². The van der Waals surface area contributed by atoms with Crippen molar-refractivity contribution >= 4 is 27.6 Å². The second kappa shape index (κ2) is 5.84. The van der Waals surface area contributed by atoms with Crippen LogP contribution in [0.3, 0.4) is 0 Å². The van der Waals surface area contributed by atoms with Crippen LogP contribution < -0.4 is 10.6 Å². The zero-order valence-corrected chi connectivity index (χ0v) is 10.8. The SMILES string of the molecule is CC[C@H](C)NC(=O)Nc1ccc(Br)cc1F. The van der Waals surface area contributed by atoms with Crippen LogP contribution >= 0.6 is 15.9 Å². The topological polar surface area (TPSA) is 41.1 Å². The average molecular weight is 289 g/mol. The number of carbonyl (C=O) groups excluding carboxylic acids is 1. The van der Waals surface area contributed by atoms with E-state index in [4.69, 9.17) is 0 Å². The molecule has 0 saturated heterocycles. The molecule has 0 unspecified atom stereocenters. The number of carbonyl (C=O) groups is 1. The minimum atomic E-state index is -0.464. The number of rotatable bonds is 3. The summed E-state index contributed by atoms with van der Waals surface area (Å²) in [6.07, 6.45) is 0.830. The Labute approximate surface area is 103 Å². The third-order valence-corrected chi connectivity index (χ3v) is 2.66. The van der Waals surface area contributed by atoms with Gasteiger partial charge < -0.3 is 10.6 Å². The number of hydrogen-bond acceptors (Lipinski definition) is 1. The highest BCUT2D eigenvalue weighted by atomic mass is 79.9. The quantitative estimate of drug-likeness (QED) is 0.878. The maximum absolute atomic E-state index is 13.4. The van der Waals surface area contributed by atoms with E-state index in [0.717, 1.165) is 6.42 Å². The maximum atomic E-state index is 13.4. The molecule has 1 rings (SSSR count). The maximum Gasteiger partial charge on any atom is 0.319 e. The molecule has 16 heavy (non-hydrogen) atoms. The Morgan fingerprint density at radius 1 is 1.56 bits per heavy atom. The number of urea groups is 1. The largest absolute Gasteiger partial charge is 0.335 e. The molecule has 1 aromatic rings. The van der Waals surface area contributed by atoms with Crippen molar-refractivity contribution in [2.45, 2.75) is 26.3 Å². The van der Waals surface area contributed by atoms with Gasteiger partial charge in [-0.3, -0.25) is 0 Å². The van der Waals surface area contributed by atoms with Crippen LogP contribution in [0.1, 0.15) is 20.3 Å². The Morgan fingerprint density at radius 2 is 2.25 bits per heavy atom. The summed E-state index contributed by atoms with van der Waals surface area (Å²) in [7, 11) is 0. The molecule has 0 aliphatic rings. The van der Waals surface area contributed by atoms with Crippen LogP contribution in [-0.4, -0.2) is 12.1 Å². The lowest BCUT2D eigenvalue weighted by molar-refractivity contribution is 0.249. The fraction of sp³-hybridized carbons (Fsp3) is 0.364. The Balaban J connectivity index is 2.63. The number of hydrogen-bond donors (Lipinski definition) is 2. The smallest absolute Gasteiger partial charge is 0.319 e. The molecule has 0 heterocycles. The molecule has 1 aromatic carbocycles. The third kappa shape index (κ3) is 3.81. The highest BCUT2D eigenvalue weighted by Crippen LogP contribution is 2.19. The predicted octanol–water partition coefficient (Wildman–Crippen LogP) is 3.51. The molecule has 0 saturated carbocycles. The monoisotopic (exact) mass is 288 g/mol. The van der Waals surface area contributed by atoms with E-state index in [-0.39, 0.29) is 11.7 Å². The molecule has 3 nitrogen and oxygen atoms in total. The molecule has 0 fully saturated rings. The first kappa shape index (κ1) is 13.0. The summed E-state index contributed by atoms with van der Waals surface area (Å²) in [5, 5.41) is 5.15. The first-order chi connectivity index (χ1) is 7.52. The van der Waals surface area contributed by atoms with Gasteiger partial charge in [0, 0.05) is 10.5 Å². The number of benzene rings is 1. The van der Waals surface area contributed by atoms with E-state index in [1.54, 1.807) is 6.07 Å². The van der Waals surface area contributed by atoms with Gasteiger partial charge in [0.05, 0.1) is 5.69 Å². The van der Waals surface area contributed by atoms with Gasteiger partial charge in [-0.2, -0.15) is 0 Å². The number of nitrogens with one attached hydrogen (secondary N) is 2. The molecular formula is C11H14BrFN2O. The lowest BCUT2D eigenvalue weighted by Gasteiger charge is -2.12. The Hall–Kier alpha value is -1.10. The summed E-state index contributed by atoms with van der Waals surface area (Å²) in [6, 6.07) is 4.16. The highest BCUT2D eigenvalue weighted by molar-refractivity contribution is 9.10. The molecule has 0 spiro atoms. The molecular weight excluding hydrogens is 275 g/mol. The van der Waals surface area contributed by atoms with E-state index in [2.05, 4.69) is 26.6 Å². The van der Waals surface area contributed by atoms with Crippen molar-refractivity contribution < 1.29 is 9.18 Å². The number of amides is 2. The molecule has 0 radical (unpaired) electrons. The number of halogens is 2. The van der Waals surface area contributed by atoms with Crippen molar-refractivity contribution in [3.63, 3.8) is 0 Å². The molecule has 0 aliphatic heterocycles. The lowest BCUT2D eigenvalue weighted by Crippen LogP contribution is -2.35. The molecule has 0 aliphatic carbocycles. The Morgan fingerprint density at radius 3 is 2.81 bits per heavy atom. The zero-order valence-electron chi connectivity index (χ0n) is 9.18. The second-order valence-corrected chi connectivity index (χ2v) is 4.45. The summed E-state index contributed by atoms with van der Waals surface area (Å²) >= 11 is 3.15. The van der Waals surface area contributed by atoms with Crippen molar-refractivity contribution in [3.8, 4) is 0 Å². The average Bonchev–Trinajstić information content (AvgIpc) is 2.22. The molecule has 5 heteroatoms. The van der Waals surface area contributed by atoms with E-state index in [0.29, 0.717) is 4.47 Å². The van der Waals surface area contributed by atoms with Gasteiger partial charge in [-0.05, 0) is 31.5 Å². The number of anilines is 1.